The predicted octanol–water partition coefficient (Wildman–Crippen LogP) is 3.42. The molecule has 68 heavy (non-hydrogen) atoms. The summed E-state index contributed by atoms with van der Waals surface area (Å²) in [6.45, 7) is 0. The van der Waals surface area contributed by atoms with Crippen LogP contribution in [0.15, 0.2) is 129 Å². The van der Waals surface area contributed by atoms with E-state index in [0.717, 1.165) is 117 Å². The van der Waals surface area contributed by atoms with Gasteiger partial charge in [0.2, 0.25) is 25.6 Å². The third-order valence-corrected chi connectivity index (χ3v) is 14.3. The minimum atomic E-state index is -4.69. The smallest absolute Gasteiger partial charge is 0.294 e. The van der Waals surface area contributed by atoms with Gasteiger partial charge in [0, 0.05) is 33.9 Å². The number of hydrogen-bond acceptors (Lipinski definition) is 15. The number of carbonyl (C=O) groups is 5. The molecular formula is C41H28N6O17S4. The number of fused-ring (bicyclic) bond motifs is 4. The maximum atomic E-state index is 15.3. The fourth-order valence-electron chi connectivity index (χ4n) is 7.62. The molecule has 6 aromatic rings. The molecule has 2 aliphatic heterocycles. The Morgan fingerprint density at radius 2 is 0.676 bits per heavy atom. The molecule has 23 nitrogen and oxygen atoms in total. The van der Waals surface area contributed by atoms with Crippen molar-refractivity contribution < 1.29 is 75.9 Å². The first kappa shape index (κ1) is 46.9. The van der Waals surface area contributed by atoms with Gasteiger partial charge < -0.3 is 9.80 Å². The third kappa shape index (κ3) is 8.27. The first-order valence-corrected chi connectivity index (χ1v) is 24.7. The van der Waals surface area contributed by atoms with Crippen molar-refractivity contribution in [1.29, 1.82) is 0 Å². The van der Waals surface area contributed by atoms with Crippen molar-refractivity contribution in [1.82, 2.24) is 9.97 Å². The summed E-state index contributed by atoms with van der Waals surface area (Å²) in [4.78, 5) is 77.9. The number of aromatic nitrogens is 2. The molecule has 4 N–H and O–H groups in total. The molecule has 2 atom stereocenters. The Morgan fingerprint density at radius 1 is 0.412 bits per heavy atom. The Kier molecular flexibility index (Phi) is 11.7. The average molecular weight is 1000 g/mol. The fourth-order valence-corrected chi connectivity index (χ4v) is 9.54. The van der Waals surface area contributed by atoms with E-state index in [2.05, 4.69) is 9.97 Å². The zero-order chi connectivity index (χ0) is 49.2. The van der Waals surface area contributed by atoms with Crippen LogP contribution in [0.2, 0.25) is 0 Å². The summed E-state index contributed by atoms with van der Waals surface area (Å²) in [5, 5.41) is 0. The normalized spacial score (nSPS) is 14.9. The van der Waals surface area contributed by atoms with Gasteiger partial charge in [0.1, 0.15) is 12.1 Å². The molecule has 4 amide bonds. The van der Waals surface area contributed by atoms with Gasteiger partial charge in [-0.1, -0.05) is 0 Å². The lowest BCUT2D eigenvalue weighted by atomic mass is 9.83. The summed E-state index contributed by atoms with van der Waals surface area (Å²) in [5.41, 5.74) is -1.28. The van der Waals surface area contributed by atoms with Gasteiger partial charge in [-0.3, -0.25) is 52.0 Å². The van der Waals surface area contributed by atoms with Gasteiger partial charge in [0.05, 0.1) is 53.7 Å². The molecular weight excluding hydrogens is 977 g/mol. The van der Waals surface area contributed by atoms with Crippen molar-refractivity contribution in [3.8, 4) is 0 Å². The molecule has 2 aliphatic carbocycles. The van der Waals surface area contributed by atoms with Crippen LogP contribution in [0.25, 0.3) is 0 Å². The molecule has 0 spiro atoms. The quantitative estimate of drug-likeness (QED) is 0.0544. The van der Waals surface area contributed by atoms with Crippen LogP contribution in [0, 0.1) is 0 Å². The number of anilines is 6. The molecule has 2 unspecified atom stereocenters. The van der Waals surface area contributed by atoms with Gasteiger partial charge in [-0.25, -0.2) is 9.97 Å². The molecule has 348 valence electrons. The van der Waals surface area contributed by atoms with E-state index in [1.807, 2.05) is 0 Å². The van der Waals surface area contributed by atoms with Gasteiger partial charge in [-0.15, -0.1) is 0 Å². The highest BCUT2D eigenvalue weighted by Crippen LogP contribution is 2.50. The minimum Gasteiger partial charge on any atom is -0.300 e. The van der Waals surface area contributed by atoms with Crippen LogP contribution in [0.4, 0.5) is 34.1 Å². The van der Waals surface area contributed by atoms with Crippen LogP contribution < -0.4 is 19.6 Å². The maximum Gasteiger partial charge on any atom is 0.294 e. The lowest BCUT2D eigenvalue weighted by molar-refractivity contribution is -0.108. The van der Waals surface area contributed by atoms with Gasteiger partial charge in [0.15, 0.2) is 5.78 Å². The number of ketones is 1. The molecule has 4 aliphatic rings. The highest BCUT2D eigenvalue weighted by atomic mass is 32.2. The SMILES string of the molecule is O=CN(c1ccc(S(=O)(=O)O)cc1)c1cc(C(=O)c2cc(N(C=O)c3ccc(S(=O)(=O)O)cc3)c3nc2C3N(C=O)c2ccc(S(=O)(=O)O)cc2)c2nc1C2N(C=O)c1ccc(S(=O)(=O)O)cc1. The molecule has 0 fully saturated rings. The molecule has 4 heterocycles. The van der Waals surface area contributed by atoms with Crippen LogP contribution in [0.5, 0.6) is 0 Å². The second kappa shape index (κ2) is 16.9. The van der Waals surface area contributed by atoms with Crippen LogP contribution in [-0.2, 0) is 59.7 Å². The molecule has 4 aromatic carbocycles. The van der Waals surface area contributed by atoms with Crippen molar-refractivity contribution in [3.05, 3.63) is 143 Å². The highest BCUT2D eigenvalue weighted by molar-refractivity contribution is 7.86. The summed E-state index contributed by atoms with van der Waals surface area (Å²) in [5.74, 6) is -0.953. The number of carbonyl (C=O) groups excluding carboxylic acids is 5. The largest absolute Gasteiger partial charge is 0.300 e. The van der Waals surface area contributed by atoms with Crippen LogP contribution >= 0.6 is 0 Å². The van der Waals surface area contributed by atoms with Crippen molar-refractivity contribution in [2.75, 3.05) is 19.6 Å². The van der Waals surface area contributed by atoms with Gasteiger partial charge in [-0.2, -0.15) is 33.7 Å². The number of pyridine rings is 2. The summed E-state index contributed by atoms with van der Waals surface area (Å²) < 4.78 is 133. The molecule has 2 aromatic heterocycles. The standard InChI is InChI=1S/C41H28N6O17S4/c48-19-44(23-1-9-27(10-2-23)65(53,54)55)33-17-31(35-39(37(33)42-35)46(21-50)25-5-13-29(14-6-25)67(59,60)61)41(52)32-18-34(45(20-49)24-3-11-28(12-4-24)66(56,57)58)38-40(36(32)43-38)47(22-51)26-7-15-30(16-8-26)68(62,63)64/h1-22,39-40H,(H,53,54,55)(H,56,57,58)(H,59,60,61)(H,62,63,64). The van der Waals surface area contributed by atoms with E-state index >= 15 is 4.79 Å². The van der Waals surface area contributed by atoms with Crippen molar-refractivity contribution >= 4 is 106 Å². The number of benzene rings is 4. The maximum absolute atomic E-state index is 15.3. The van der Waals surface area contributed by atoms with Gasteiger partial charge in [0.25, 0.3) is 40.5 Å². The highest BCUT2D eigenvalue weighted by Gasteiger charge is 2.45. The van der Waals surface area contributed by atoms with Crippen molar-refractivity contribution in [2.24, 2.45) is 0 Å². The Hall–Kier alpha value is -7.63. The average Bonchev–Trinajstić information content (AvgIpc) is 3.28. The van der Waals surface area contributed by atoms with E-state index in [-0.39, 0.29) is 80.8 Å². The summed E-state index contributed by atoms with van der Waals surface area (Å²) in [6.07, 6.45) is 1.16. The zero-order valence-electron chi connectivity index (χ0n) is 33.8. The van der Waals surface area contributed by atoms with Crippen LogP contribution in [0.3, 0.4) is 0 Å². The number of rotatable bonds is 18. The summed E-state index contributed by atoms with van der Waals surface area (Å²) >= 11 is 0. The van der Waals surface area contributed by atoms with Crippen LogP contribution in [-0.4, -0.2) is 93.3 Å². The first-order chi connectivity index (χ1) is 32.0. The molecule has 10 rings (SSSR count). The van der Waals surface area contributed by atoms with E-state index in [1.165, 1.54) is 12.1 Å². The number of nitrogens with zero attached hydrogens (tertiary/aromatic N) is 6. The lowest BCUT2D eigenvalue weighted by Gasteiger charge is -2.40. The van der Waals surface area contributed by atoms with E-state index in [1.54, 1.807) is 0 Å². The predicted molar refractivity (Wildman–Crippen MR) is 234 cm³/mol. The van der Waals surface area contributed by atoms with Gasteiger partial charge >= 0.3 is 0 Å². The van der Waals surface area contributed by atoms with Crippen LogP contribution in [0.1, 0.15) is 50.8 Å². The van der Waals surface area contributed by atoms with Gasteiger partial charge in [-0.05, 0) is 109 Å². The molecule has 0 saturated heterocycles. The van der Waals surface area contributed by atoms with E-state index < -0.39 is 77.9 Å². The van der Waals surface area contributed by atoms with Crippen molar-refractivity contribution in [3.63, 3.8) is 0 Å². The topological polar surface area (TPSA) is 342 Å². The first-order valence-electron chi connectivity index (χ1n) is 18.9. The minimum absolute atomic E-state index is 0.00367. The van der Waals surface area contributed by atoms with E-state index in [9.17, 15) is 71.1 Å². The Morgan fingerprint density at radius 3 is 0.912 bits per heavy atom. The molecule has 0 radical (unpaired) electrons. The summed E-state index contributed by atoms with van der Waals surface area (Å²) in [6, 6.07) is 16.8. The Labute approximate surface area is 384 Å². The fraction of sp³-hybridized carbons (Fsp3) is 0.0488. The third-order valence-electron chi connectivity index (χ3n) is 10.9. The van der Waals surface area contributed by atoms with E-state index in [0.29, 0.717) is 12.8 Å². The zero-order valence-corrected chi connectivity index (χ0v) is 37.0. The number of hydrogen-bond donors (Lipinski definition) is 4. The second-order valence-corrected chi connectivity index (χ2v) is 20.3. The molecule has 0 saturated carbocycles. The second-order valence-electron chi connectivity index (χ2n) is 14.6. The monoisotopic (exact) mass is 1000 g/mol. The Balaban J connectivity index is 1.32. The van der Waals surface area contributed by atoms with E-state index in [4.69, 9.17) is 0 Å². The van der Waals surface area contributed by atoms with Crippen molar-refractivity contribution in [2.45, 2.75) is 31.7 Å². The summed E-state index contributed by atoms with van der Waals surface area (Å²) in [7, 11) is -18.8. The lowest BCUT2D eigenvalue weighted by Crippen LogP contribution is -2.40. The number of amides is 4. The molecule has 27 heteroatoms. The molecule has 4 bridgehead atoms. The Bertz CT molecular complexity index is 3340.